The fourth-order valence-corrected chi connectivity index (χ4v) is 3.58. The molecule has 1 aromatic carbocycles. The molecule has 156 valence electrons. The third-order valence-electron chi connectivity index (χ3n) is 5.18. The fourth-order valence-electron chi connectivity index (χ4n) is 3.58. The van der Waals surface area contributed by atoms with E-state index in [9.17, 15) is 4.39 Å². The van der Waals surface area contributed by atoms with Crippen LogP contribution in [0.25, 0.3) is 10.9 Å². The number of H-pyrrole nitrogens is 1. The number of fused-ring (bicyclic) bond motifs is 1. The number of halogens is 2. The van der Waals surface area contributed by atoms with E-state index in [1.165, 1.54) is 6.07 Å². The number of rotatable bonds is 7. The van der Waals surface area contributed by atoms with Gasteiger partial charge in [0.25, 0.3) is 0 Å². The summed E-state index contributed by atoms with van der Waals surface area (Å²) in [5.41, 5.74) is 2.08. The summed E-state index contributed by atoms with van der Waals surface area (Å²) in [4.78, 5) is 9.98. The molecule has 0 radical (unpaired) electrons. The summed E-state index contributed by atoms with van der Waals surface area (Å²) in [5, 5.41) is 7.85. The molecule has 0 aliphatic carbocycles. The van der Waals surface area contributed by atoms with Crippen molar-refractivity contribution in [2.75, 3.05) is 46.9 Å². The molecule has 0 bridgehead atoms. The van der Waals surface area contributed by atoms with Gasteiger partial charge in [-0.2, -0.15) is 0 Å². The maximum Gasteiger partial charge on any atom is 0.191 e. The van der Waals surface area contributed by atoms with E-state index < -0.39 is 0 Å². The molecule has 8 heteroatoms. The molecule has 1 aliphatic rings. The Labute approximate surface area is 183 Å². The standard InChI is InChI=1S/C20H30FN5O.HI/c1-22-20(25-17-6-9-26(10-7-17)11-12-27-2)23-8-5-15-14-24-19-4-3-16(21)13-18(15)19;/h3-4,13-14,17,24H,5-12H2,1-2H3,(H2,22,23,25);1H. The van der Waals surface area contributed by atoms with Gasteiger partial charge in [0.1, 0.15) is 5.82 Å². The monoisotopic (exact) mass is 503 g/mol. The van der Waals surface area contributed by atoms with Crippen LogP contribution < -0.4 is 10.6 Å². The minimum Gasteiger partial charge on any atom is -0.383 e. The van der Waals surface area contributed by atoms with Crippen LogP contribution in [0, 0.1) is 5.82 Å². The SMILES string of the molecule is CN=C(NCCc1c[nH]c2ccc(F)cc12)NC1CCN(CCOC)CC1.I. The molecule has 28 heavy (non-hydrogen) atoms. The van der Waals surface area contributed by atoms with E-state index in [-0.39, 0.29) is 29.8 Å². The number of piperidine rings is 1. The van der Waals surface area contributed by atoms with Crippen LogP contribution in [-0.4, -0.2) is 68.8 Å². The average Bonchev–Trinajstić information content (AvgIpc) is 3.08. The molecule has 0 saturated carbocycles. The van der Waals surface area contributed by atoms with Crippen molar-refractivity contribution < 1.29 is 9.13 Å². The zero-order valence-corrected chi connectivity index (χ0v) is 19.0. The molecule has 0 atom stereocenters. The van der Waals surface area contributed by atoms with Crippen molar-refractivity contribution in [1.82, 2.24) is 20.5 Å². The molecule has 3 N–H and O–H groups in total. The average molecular weight is 503 g/mol. The minimum atomic E-state index is -0.203. The Morgan fingerprint density at radius 1 is 1.36 bits per heavy atom. The third kappa shape index (κ3) is 6.31. The maximum atomic E-state index is 13.5. The van der Waals surface area contributed by atoms with Gasteiger partial charge in [-0.05, 0) is 43.0 Å². The molecule has 0 unspecified atom stereocenters. The number of benzene rings is 1. The Morgan fingerprint density at radius 2 is 2.14 bits per heavy atom. The number of ether oxygens (including phenoxy) is 1. The third-order valence-corrected chi connectivity index (χ3v) is 5.18. The Hall–Kier alpha value is -1.39. The summed E-state index contributed by atoms with van der Waals surface area (Å²) in [6.45, 7) is 4.70. The second-order valence-corrected chi connectivity index (χ2v) is 7.01. The lowest BCUT2D eigenvalue weighted by molar-refractivity contribution is 0.128. The first-order chi connectivity index (χ1) is 13.2. The van der Waals surface area contributed by atoms with Gasteiger partial charge in [-0.15, -0.1) is 24.0 Å². The summed E-state index contributed by atoms with van der Waals surface area (Å²) in [5.74, 6) is 0.627. The topological polar surface area (TPSA) is 64.7 Å². The highest BCUT2D eigenvalue weighted by molar-refractivity contribution is 14.0. The van der Waals surface area contributed by atoms with Crippen LogP contribution in [0.15, 0.2) is 29.4 Å². The predicted octanol–water partition coefficient (Wildman–Crippen LogP) is 2.74. The highest BCUT2D eigenvalue weighted by atomic mass is 127. The number of aromatic nitrogens is 1. The summed E-state index contributed by atoms with van der Waals surface area (Å²) >= 11 is 0. The first kappa shape index (κ1) is 22.9. The summed E-state index contributed by atoms with van der Waals surface area (Å²) < 4.78 is 18.6. The van der Waals surface area contributed by atoms with E-state index in [1.807, 2.05) is 6.20 Å². The molecule has 1 saturated heterocycles. The zero-order valence-electron chi connectivity index (χ0n) is 16.6. The molecule has 1 aromatic heterocycles. The number of methoxy groups -OCH3 is 1. The summed E-state index contributed by atoms with van der Waals surface area (Å²) in [6, 6.07) is 5.29. The molecular formula is C20H31FIN5O. The number of hydrogen-bond donors (Lipinski definition) is 3. The number of hydrogen-bond acceptors (Lipinski definition) is 3. The van der Waals surface area contributed by atoms with Crippen molar-refractivity contribution in [1.29, 1.82) is 0 Å². The van der Waals surface area contributed by atoms with Crippen LogP contribution in [0.2, 0.25) is 0 Å². The Balaban J connectivity index is 0.00000280. The Morgan fingerprint density at radius 3 is 2.86 bits per heavy atom. The van der Waals surface area contributed by atoms with Crippen molar-refractivity contribution >= 4 is 40.8 Å². The molecule has 1 aliphatic heterocycles. The van der Waals surface area contributed by atoms with E-state index in [1.54, 1.807) is 26.3 Å². The van der Waals surface area contributed by atoms with Crippen molar-refractivity contribution in [3.05, 3.63) is 35.8 Å². The lowest BCUT2D eigenvalue weighted by atomic mass is 10.1. The lowest BCUT2D eigenvalue weighted by Gasteiger charge is -2.32. The Bertz CT molecular complexity index is 758. The molecule has 3 rings (SSSR count). The molecule has 6 nitrogen and oxygen atoms in total. The van der Waals surface area contributed by atoms with Crippen molar-refractivity contribution in [2.24, 2.45) is 4.99 Å². The molecule has 2 heterocycles. The lowest BCUT2D eigenvalue weighted by Crippen LogP contribution is -2.49. The van der Waals surface area contributed by atoms with E-state index >= 15 is 0 Å². The smallest absolute Gasteiger partial charge is 0.191 e. The predicted molar refractivity (Wildman–Crippen MR) is 123 cm³/mol. The number of likely N-dealkylation sites (tertiary alicyclic amines) is 1. The summed E-state index contributed by atoms with van der Waals surface area (Å²) in [7, 11) is 3.54. The molecule has 2 aromatic rings. The quantitative estimate of drug-likeness (QED) is 0.309. The zero-order chi connectivity index (χ0) is 19.1. The van der Waals surface area contributed by atoms with Crippen LogP contribution in [0.4, 0.5) is 4.39 Å². The number of aromatic amines is 1. The van der Waals surface area contributed by atoms with E-state index in [0.717, 1.165) is 74.5 Å². The molecular weight excluding hydrogens is 472 g/mol. The van der Waals surface area contributed by atoms with Gasteiger partial charge in [0, 0.05) is 63.5 Å². The van der Waals surface area contributed by atoms with Crippen LogP contribution in [0.1, 0.15) is 18.4 Å². The number of nitrogens with one attached hydrogen (secondary N) is 3. The molecule has 0 amide bonds. The summed E-state index contributed by atoms with van der Waals surface area (Å²) in [6.07, 6.45) is 4.97. The van der Waals surface area contributed by atoms with Crippen molar-refractivity contribution in [3.63, 3.8) is 0 Å². The highest BCUT2D eigenvalue weighted by Crippen LogP contribution is 2.19. The fraction of sp³-hybridized carbons (Fsp3) is 0.550. The number of nitrogens with zero attached hydrogens (tertiary/aromatic N) is 2. The normalized spacial score (nSPS) is 16.2. The van der Waals surface area contributed by atoms with Crippen molar-refractivity contribution in [3.8, 4) is 0 Å². The van der Waals surface area contributed by atoms with Crippen LogP contribution >= 0.6 is 24.0 Å². The van der Waals surface area contributed by atoms with Gasteiger partial charge in [-0.1, -0.05) is 0 Å². The first-order valence-corrected chi connectivity index (χ1v) is 9.63. The maximum absolute atomic E-state index is 13.5. The van der Waals surface area contributed by atoms with Gasteiger partial charge in [-0.3, -0.25) is 4.99 Å². The molecule has 1 fully saturated rings. The van der Waals surface area contributed by atoms with E-state index in [2.05, 4.69) is 25.5 Å². The van der Waals surface area contributed by atoms with Crippen LogP contribution in [0.3, 0.4) is 0 Å². The van der Waals surface area contributed by atoms with E-state index in [4.69, 9.17) is 4.74 Å². The van der Waals surface area contributed by atoms with Gasteiger partial charge < -0.3 is 25.3 Å². The Kier molecular flexibility index (Phi) is 9.46. The van der Waals surface area contributed by atoms with E-state index in [0.29, 0.717) is 6.04 Å². The largest absolute Gasteiger partial charge is 0.383 e. The number of aliphatic imine (C=N–C) groups is 1. The van der Waals surface area contributed by atoms with Gasteiger partial charge in [0.2, 0.25) is 0 Å². The van der Waals surface area contributed by atoms with Gasteiger partial charge in [0.05, 0.1) is 6.61 Å². The van der Waals surface area contributed by atoms with Gasteiger partial charge >= 0.3 is 0 Å². The second-order valence-electron chi connectivity index (χ2n) is 7.01. The van der Waals surface area contributed by atoms with Crippen molar-refractivity contribution in [2.45, 2.75) is 25.3 Å². The van der Waals surface area contributed by atoms with Gasteiger partial charge in [-0.25, -0.2) is 4.39 Å². The van der Waals surface area contributed by atoms with Crippen LogP contribution in [-0.2, 0) is 11.2 Å². The molecule has 0 spiro atoms. The highest BCUT2D eigenvalue weighted by Gasteiger charge is 2.19. The number of guanidine groups is 1. The van der Waals surface area contributed by atoms with Crippen LogP contribution in [0.5, 0.6) is 0 Å². The van der Waals surface area contributed by atoms with Gasteiger partial charge in [0.15, 0.2) is 5.96 Å². The first-order valence-electron chi connectivity index (χ1n) is 9.63. The minimum absolute atomic E-state index is 0. The second kappa shape index (κ2) is 11.6.